The van der Waals surface area contributed by atoms with E-state index in [1.807, 2.05) is 13.0 Å². The summed E-state index contributed by atoms with van der Waals surface area (Å²) in [6.45, 7) is 1.79. The van der Waals surface area contributed by atoms with E-state index in [9.17, 15) is 0 Å². The molecular formula is C13H11ClO. The fraction of sp³-hybridized carbons (Fsp3) is 0.231. The van der Waals surface area contributed by atoms with Gasteiger partial charge in [-0.25, -0.2) is 0 Å². The summed E-state index contributed by atoms with van der Waals surface area (Å²) < 4.78 is 0. The van der Waals surface area contributed by atoms with E-state index in [2.05, 4.69) is 35.5 Å². The van der Waals surface area contributed by atoms with E-state index in [-0.39, 0.29) is 12.0 Å². The van der Waals surface area contributed by atoms with Crippen molar-refractivity contribution in [2.75, 3.05) is 6.61 Å². The predicted octanol–water partition coefficient (Wildman–Crippen LogP) is 1.73. The van der Waals surface area contributed by atoms with Crippen molar-refractivity contribution in [2.24, 2.45) is 0 Å². The van der Waals surface area contributed by atoms with Gasteiger partial charge >= 0.3 is 0 Å². The van der Waals surface area contributed by atoms with Crippen LogP contribution in [0.1, 0.15) is 6.92 Å². The minimum absolute atomic E-state index is 0.0970. The van der Waals surface area contributed by atoms with E-state index in [1.54, 1.807) is 18.2 Å². The van der Waals surface area contributed by atoms with Crippen LogP contribution in [0.3, 0.4) is 0 Å². The Balaban J connectivity index is 4.01. The molecule has 0 aliphatic carbocycles. The summed E-state index contributed by atoms with van der Waals surface area (Å²) in [5.74, 6) is 15.7. The minimum Gasteiger partial charge on any atom is -0.395 e. The quantitative estimate of drug-likeness (QED) is 0.553. The maximum atomic E-state index is 8.57. The van der Waals surface area contributed by atoms with E-state index in [0.29, 0.717) is 0 Å². The molecule has 1 unspecified atom stereocenters. The zero-order valence-electron chi connectivity index (χ0n) is 8.42. The molecule has 0 aromatic heterocycles. The molecule has 76 valence electrons. The first-order valence-electron chi connectivity index (χ1n) is 4.35. The Bertz CT molecular complexity index is 399. The molecule has 0 aromatic rings. The van der Waals surface area contributed by atoms with Crippen molar-refractivity contribution >= 4 is 11.6 Å². The van der Waals surface area contributed by atoms with Gasteiger partial charge in [0.15, 0.2) is 0 Å². The van der Waals surface area contributed by atoms with Crippen LogP contribution in [-0.4, -0.2) is 17.1 Å². The molecule has 0 saturated heterocycles. The Kier molecular flexibility index (Phi) is 9.38. The van der Waals surface area contributed by atoms with Crippen molar-refractivity contribution in [1.82, 2.24) is 0 Å². The molecule has 2 heteroatoms. The van der Waals surface area contributed by atoms with Gasteiger partial charge < -0.3 is 5.11 Å². The van der Waals surface area contributed by atoms with Gasteiger partial charge in [-0.1, -0.05) is 24.0 Å². The monoisotopic (exact) mass is 218 g/mol. The molecule has 1 nitrogen and oxygen atoms in total. The first kappa shape index (κ1) is 13.4. The van der Waals surface area contributed by atoms with Crippen molar-refractivity contribution in [2.45, 2.75) is 12.3 Å². The van der Waals surface area contributed by atoms with Crippen molar-refractivity contribution in [3.8, 4) is 35.5 Å². The summed E-state index contributed by atoms with van der Waals surface area (Å²) in [5, 5.41) is 8.19. The normalized spacial score (nSPS) is 10.9. The third-order valence-electron chi connectivity index (χ3n) is 1.14. The summed E-state index contributed by atoms with van der Waals surface area (Å²) in [4.78, 5) is 0. The molecule has 0 aliphatic heterocycles. The lowest BCUT2D eigenvalue weighted by Gasteiger charge is -1.92. The fourth-order valence-corrected chi connectivity index (χ4v) is 0.587. The first-order chi connectivity index (χ1) is 7.31. The summed E-state index contributed by atoms with van der Waals surface area (Å²) in [6, 6.07) is 0. The van der Waals surface area contributed by atoms with Gasteiger partial charge in [0.25, 0.3) is 0 Å². The zero-order chi connectivity index (χ0) is 11.4. The highest BCUT2D eigenvalue weighted by molar-refractivity contribution is 6.21. The SMILES string of the molecule is C/C=C/C#CC#CC#C/C=C/C(Cl)CO. The molecule has 0 rings (SSSR count). The number of alkyl halides is 1. The van der Waals surface area contributed by atoms with Crippen LogP contribution in [-0.2, 0) is 0 Å². The highest BCUT2D eigenvalue weighted by Gasteiger charge is 1.91. The molecule has 0 radical (unpaired) electrons. The Hall–Kier alpha value is -1.59. The number of aliphatic hydroxyl groups excluding tert-OH is 1. The van der Waals surface area contributed by atoms with Crippen LogP contribution in [0.15, 0.2) is 24.3 Å². The van der Waals surface area contributed by atoms with Gasteiger partial charge in [-0.2, -0.15) is 0 Å². The standard InChI is InChI=1S/C13H11ClO/c1-2-3-4-5-6-7-8-9-10-11-13(14)12-15/h2-3,10-11,13,15H,12H2,1H3/b3-2+,11-10+. The van der Waals surface area contributed by atoms with Crippen molar-refractivity contribution in [1.29, 1.82) is 0 Å². The topological polar surface area (TPSA) is 20.2 Å². The van der Waals surface area contributed by atoms with Crippen LogP contribution in [0, 0.1) is 35.5 Å². The Morgan fingerprint density at radius 2 is 1.73 bits per heavy atom. The molecular weight excluding hydrogens is 208 g/mol. The molecule has 0 heterocycles. The maximum Gasteiger partial charge on any atom is 0.0756 e. The molecule has 0 amide bonds. The number of halogens is 1. The van der Waals surface area contributed by atoms with Gasteiger partial charge in [0.2, 0.25) is 0 Å². The maximum absolute atomic E-state index is 8.57. The highest BCUT2D eigenvalue weighted by Crippen LogP contribution is 1.94. The summed E-state index contributed by atoms with van der Waals surface area (Å²) >= 11 is 5.59. The Morgan fingerprint density at radius 1 is 1.13 bits per heavy atom. The Morgan fingerprint density at radius 3 is 2.27 bits per heavy atom. The fourth-order valence-electron chi connectivity index (χ4n) is 0.515. The second kappa shape index (κ2) is 10.5. The van der Waals surface area contributed by atoms with Gasteiger partial charge in [0.05, 0.1) is 12.0 Å². The van der Waals surface area contributed by atoms with Crippen molar-refractivity contribution < 1.29 is 5.11 Å². The van der Waals surface area contributed by atoms with Gasteiger partial charge in [0, 0.05) is 0 Å². The molecule has 0 bridgehead atoms. The molecule has 15 heavy (non-hydrogen) atoms. The number of hydrogen-bond acceptors (Lipinski definition) is 1. The van der Waals surface area contributed by atoms with Crippen LogP contribution in [0.4, 0.5) is 0 Å². The largest absolute Gasteiger partial charge is 0.395 e. The van der Waals surface area contributed by atoms with Crippen molar-refractivity contribution in [3.05, 3.63) is 24.3 Å². The first-order valence-corrected chi connectivity index (χ1v) is 4.78. The van der Waals surface area contributed by atoms with Crippen LogP contribution < -0.4 is 0 Å². The average Bonchev–Trinajstić information content (AvgIpc) is 2.26. The summed E-state index contributed by atoms with van der Waals surface area (Å²) in [7, 11) is 0. The molecule has 0 spiro atoms. The Labute approximate surface area is 95.8 Å². The summed E-state index contributed by atoms with van der Waals surface area (Å²) in [5.41, 5.74) is 0. The molecule has 0 fully saturated rings. The zero-order valence-corrected chi connectivity index (χ0v) is 9.17. The predicted molar refractivity (Wildman–Crippen MR) is 64.0 cm³/mol. The second-order valence-electron chi connectivity index (χ2n) is 2.35. The van der Waals surface area contributed by atoms with Crippen molar-refractivity contribution in [3.63, 3.8) is 0 Å². The van der Waals surface area contributed by atoms with Crippen LogP contribution in [0.25, 0.3) is 0 Å². The molecule has 1 N–H and O–H groups in total. The van der Waals surface area contributed by atoms with E-state index in [4.69, 9.17) is 16.7 Å². The number of aliphatic hydroxyl groups is 1. The number of allylic oxidation sites excluding steroid dienone is 3. The lowest BCUT2D eigenvalue weighted by molar-refractivity contribution is 0.305. The van der Waals surface area contributed by atoms with E-state index in [0.717, 1.165) is 0 Å². The van der Waals surface area contributed by atoms with Crippen LogP contribution in [0.2, 0.25) is 0 Å². The van der Waals surface area contributed by atoms with Crippen LogP contribution in [0.5, 0.6) is 0 Å². The van der Waals surface area contributed by atoms with Gasteiger partial charge in [-0.05, 0) is 42.8 Å². The third-order valence-corrected chi connectivity index (χ3v) is 1.43. The van der Waals surface area contributed by atoms with E-state index in [1.165, 1.54) is 0 Å². The van der Waals surface area contributed by atoms with Gasteiger partial charge in [-0.3, -0.25) is 0 Å². The third kappa shape index (κ3) is 10.3. The molecule has 1 atom stereocenters. The van der Waals surface area contributed by atoms with E-state index >= 15 is 0 Å². The average molecular weight is 219 g/mol. The number of hydrogen-bond donors (Lipinski definition) is 1. The highest BCUT2D eigenvalue weighted by atomic mass is 35.5. The number of rotatable bonds is 2. The lowest BCUT2D eigenvalue weighted by atomic mass is 10.4. The minimum atomic E-state index is -0.387. The van der Waals surface area contributed by atoms with Gasteiger partial charge in [-0.15, -0.1) is 11.6 Å². The van der Waals surface area contributed by atoms with E-state index < -0.39 is 0 Å². The van der Waals surface area contributed by atoms with Gasteiger partial charge in [0.1, 0.15) is 0 Å². The van der Waals surface area contributed by atoms with Crippen LogP contribution >= 0.6 is 11.6 Å². The smallest absolute Gasteiger partial charge is 0.0756 e. The molecule has 0 aliphatic rings. The lowest BCUT2D eigenvalue weighted by Crippen LogP contribution is -1.98. The molecule has 0 saturated carbocycles. The molecule has 0 aromatic carbocycles. The second-order valence-corrected chi connectivity index (χ2v) is 2.91. The summed E-state index contributed by atoms with van der Waals surface area (Å²) in [6.07, 6.45) is 6.70.